The van der Waals surface area contributed by atoms with Crippen molar-refractivity contribution in [1.29, 1.82) is 0 Å². The molecule has 0 saturated carbocycles. The number of rotatable bonds is 5. The number of carbonyl (C=O) groups is 1. The lowest BCUT2D eigenvalue weighted by atomic mass is 10.1. The van der Waals surface area contributed by atoms with E-state index in [9.17, 15) is 4.79 Å². The second-order valence-electron chi connectivity index (χ2n) is 5.19. The van der Waals surface area contributed by atoms with E-state index in [1.807, 2.05) is 38.1 Å². The lowest BCUT2D eigenvalue weighted by molar-refractivity contribution is 0.0950. The van der Waals surface area contributed by atoms with E-state index >= 15 is 0 Å². The average molecular weight is 307 g/mol. The van der Waals surface area contributed by atoms with Gasteiger partial charge >= 0.3 is 0 Å². The molecule has 1 aromatic heterocycles. The second kappa shape index (κ2) is 6.63. The smallest absolute Gasteiger partial charge is 0.273 e. The van der Waals surface area contributed by atoms with E-state index in [2.05, 4.69) is 15.5 Å². The third kappa shape index (κ3) is 3.76. The molecule has 2 rings (SSSR count). The monoisotopic (exact) mass is 306 g/mol. The van der Waals surface area contributed by atoms with E-state index in [0.717, 1.165) is 11.3 Å². The molecule has 1 aromatic carbocycles. The number of anilines is 1. The Labute approximate surface area is 128 Å². The van der Waals surface area contributed by atoms with Gasteiger partial charge in [0.15, 0.2) is 5.69 Å². The van der Waals surface area contributed by atoms with Crippen LogP contribution in [-0.2, 0) is 6.42 Å². The Morgan fingerprint density at radius 1 is 1.48 bits per heavy atom. The van der Waals surface area contributed by atoms with Crippen molar-refractivity contribution < 1.29 is 4.79 Å². The lowest BCUT2D eigenvalue weighted by Gasteiger charge is -2.05. The standard InChI is InChI=1S/C15H19ClN4O/c1-9(2)13-12(17)14(20-19-13)15(21)18-7-6-10-4-3-5-11(16)8-10/h3-5,8-9H,6-7,17H2,1-2H3,(H,18,21)(H,19,20). The fourth-order valence-electron chi connectivity index (χ4n) is 2.07. The number of nitrogens with two attached hydrogens (primary N) is 1. The molecule has 0 aliphatic carbocycles. The van der Waals surface area contributed by atoms with Crippen molar-refractivity contribution in [3.63, 3.8) is 0 Å². The molecular formula is C15H19ClN4O. The minimum atomic E-state index is -0.266. The Hall–Kier alpha value is -2.01. The van der Waals surface area contributed by atoms with Crippen LogP contribution in [0.1, 0.15) is 41.5 Å². The second-order valence-corrected chi connectivity index (χ2v) is 5.63. The van der Waals surface area contributed by atoms with Crippen LogP contribution in [0.2, 0.25) is 5.02 Å². The molecule has 2 aromatic rings. The minimum absolute atomic E-state index is 0.200. The molecular weight excluding hydrogens is 288 g/mol. The van der Waals surface area contributed by atoms with Crippen LogP contribution in [0.3, 0.4) is 0 Å². The molecule has 0 aliphatic rings. The maximum absolute atomic E-state index is 12.1. The fourth-order valence-corrected chi connectivity index (χ4v) is 2.29. The summed E-state index contributed by atoms with van der Waals surface area (Å²) in [7, 11) is 0. The van der Waals surface area contributed by atoms with Gasteiger partial charge in [0.05, 0.1) is 11.4 Å². The molecule has 0 spiro atoms. The third-order valence-corrected chi connectivity index (χ3v) is 3.45. The van der Waals surface area contributed by atoms with Gasteiger partial charge < -0.3 is 11.1 Å². The van der Waals surface area contributed by atoms with E-state index in [1.165, 1.54) is 0 Å². The lowest BCUT2D eigenvalue weighted by Crippen LogP contribution is -2.26. The third-order valence-electron chi connectivity index (χ3n) is 3.21. The van der Waals surface area contributed by atoms with Crippen LogP contribution in [0.25, 0.3) is 0 Å². The molecule has 0 radical (unpaired) electrons. The average Bonchev–Trinajstić information content (AvgIpc) is 2.80. The normalized spacial score (nSPS) is 10.9. The molecule has 0 fully saturated rings. The highest BCUT2D eigenvalue weighted by molar-refractivity contribution is 6.30. The number of aromatic amines is 1. The summed E-state index contributed by atoms with van der Waals surface area (Å²) in [5, 5.41) is 10.3. The van der Waals surface area contributed by atoms with Crippen molar-refractivity contribution in [2.24, 2.45) is 0 Å². The highest BCUT2D eigenvalue weighted by atomic mass is 35.5. The number of hydrogen-bond acceptors (Lipinski definition) is 3. The zero-order valence-corrected chi connectivity index (χ0v) is 12.9. The van der Waals surface area contributed by atoms with E-state index in [4.69, 9.17) is 17.3 Å². The summed E-state index contributed by atoms with van der Waals surface area (Å²) in [6.45, 7) is 4.48. The molecule has 1 amide bonds. The Bertz CT molecular complexity index is 636. The number of halogens is 1. The molecule has 4 N–H and O–H groups in total. The summed E-state index contributed by atoms with van der Waals surface area (Å²) in [6.07, 6.45) is 0.702. The Morgan fingerprint density at radius 2 is 2.24 bits per heavy atom. The first-order valence-electron chi connectivity index (χ1n) is 6.85. The van der Waals surface area contributed by atoms with E-state index < -0.39 is 0 Å². The first kappa shape index (κ1) is 15.4. The van der Waals surface area contributed by atoms with Crippen LogP contribution in [-0.4, -0.2) is 22.6 Å². The van der Waals surface area contributed by atoms with Crippen molar-refractivity contribution in [3.8, 4) is 0 Å². The van der Waals surface area contributed by atoms with Gasteiger partial charge in [0.25, 0.3) is 5.91 Å². The zero-order chi connectivity index (χ0) is 15.4. The Balaban J connectivity index is 1.93. The fraction of sp³-hybridized carbons (Fsp3) is 0.333. The number of hydrogen-bond donors (Lipinski definition) is 3. The van der Waals surface area contributed by atoms with Gasteiger partial charge in [0.2, 0.25) is 0 Å². The SMILES string of the molecule is CC(C)c1[nH]nc(C(=O)NCCc2cccc(Cl)c2)c1N. The summed E-state index contributed by atoms with van der Waals surface area (Å²) in [5.41, 5.74) is 8.47. The van der Waals surface area contributed by atoms with E-state index in [0.29, 0.717) is 23.7 Å². The number of nitrogens with one attached hydrogen (secondary N) is 2. The maximum atomic E-state index is 12.1. The first-order valence-corrected chi connectivity index (χ1v) is 7.23. The van der Waals surface area contributed by atoms with Crippen LogP contribution in [0, 0.1) is 0 Å². The van der Waals surface area contributed by atoms with Gasteiger partial charge in [-0.15, -0.1) is 0 Å². The van der Waals surface area contributed by atoms with Crippen molar-refractivity contribution >= 4 is 23.2 Å². The number of aromatic nitrogens is 2. The Kier molecular flexibility index (Phi) is 4.85. The highest BCUT2D eigenvalue weighted by Crippen LogP contribution is 2.21. The van der Waals surface area contributed by atoms with Crippen molar-refractivity contribution in [1.82, 2.24) is 15.5 Å². The van der Waals surface area contributed by atoms with E-state index in [-0.39, 0.29) is 17.5 Å². The van der Waals surface area contributed by atoms with Gasteiger partial charge in [-0.25, -0.2) is 0 Å². The molecule has 21 heavy (non-hydrogen) atoms. The number of benzene rings is 1. The van der Waals surface area contributed by atoms with Crippen LogP contribution in [0.15, 0.2) is 24.3 Å². The summed E-state index contributed by atoms with van der Waals surface area (Å²) in [5.74, 6) is -0.0665. The number of H-pyrrole nitrogens is 1. The largest absolute Gasteiger partial charge is 0.395 e. The summed E-state index contributed by atoms with van der Waals surface area (Å²) in [6, 6.07) is 7.56. The topological polar surface area (TPSA) is 83.8 Å². The highest BCUT2D eigenvalue weighted by Gasteiger charge is 2.18. The van der Waals surface area contributed by atoms with Gasteiger partial charge in [-0.1, -0.05) is 37.6 Å². The molecule has 112 valence electrons. The minimum Gasteiger partial charge on any atom is -0.395 e. The van der Waals surface area contributed by atoms with Crippen LogP contribution in [0.5, 0.6) is 0 Å². The number of carbonyl (C=O) groups excluding carboxylic acids is 1. The molecule has 0 bridgehead atoms. The molecule has 5 nitrogen and oxygen atoms in total. The number of nitrogen functional groups attached to an aromatic ring is 1. The molecule has 0 atom stereocenters. The Morgan fingerprint density at radius 3 is 2.86 bits per heavy atom. The quantitative estimate of drug-likeness (QED) is 0.794. The van der Waals surface area contributed by atoms with Gasteiger partial charge in [-0.2, -0.15) is 5.10 Å². The predicted molar refractivity (Wildman–Crippen MR) is 84.6 cm³/mol. The summed E-state index contributed by atoms with van der Waals surface area (Å²) < 4.78 is 0. The van der Waals surface area contributed by atoms with Crippen LogP contribution in [0.4, 0.5) is 5.69 Å². The molecule has 1 heterocycles. The van der Waals surface area contributed by atoms with Crippen molar-refractivity contribution in [2.45, 2.75) is 26.2 Å². The zero-order valence-electron chi connectivity index (χ0n) is 12.1. The summed E-state index contributed by atoms with van der Waals surface area (Å²) in [4.78, 5) is 12.1. The van der Waals surface area contributed by atoms with E-state index in [1.54, 1.807) is 0 Å². The number of amides is 1. The number of nitrogens with zero attached hydrogens (tertiary/aromatic N) is 1. The predicted octanol–water partition coefficient (Wildman–Crippen LogP) is 2.74. The molecule has 6 heteroatoms. The molecule has 0 saturated heterocycles. The van der Waals surface area contributed by atoms with Crippen molar-refractivity contribution in [3.05, 3.63) is 46.2 Å². The van der Waals surface area contributed by atoms with Gasteiger partial charge in [-0.05, 0) is 30.0 Å². The van der Waals surface area contributed by atoms with Gasteiger partial charge in [0, 0.05) is 11.6 Å². The first-order chi connectivity index (χ1) is 9.99. The van der Waals surface area contributed by atoms with Crippen LogP contribution >= 0.6 is 11.6 Å². The molecule has 0 aliphatic heterocycles. The van der Waals surface area contributed by atoms with Crippen molar-refractivity contribution in [2.75, 3.05) is 12.3 Å². The summed E-state index contributed by atoms with van der Waals surface area (Å²) >= 11 is 5.92. The van der Waals surface area contributed by atoms with Gasteiger partial charge in [-0.3, -0.25) is 9.89 Å². The molecule has 0 unspecified atom stereocenters. The maximum Gasteiger partial charge on any atom is 0.273 e. The van der Waals surface area contributed by atoms with Crippen LogP contribution < -0.4 is 11.1 Å². The van der Waals surface area contributed by atoms with Gasteiger partial charge in [0.1, 0.15) is 0 Å².